The van der Waals surface area contributed by atoms with Gasteiger partial charge in [-0.3, -0.25) is 0 Å². The molecule has 3 heteroatoms. The number of benzene rings is 1. The van der Waals surface area contributed by atoms with E-state index in [1.807, 2.05) is 0 Å². The molecular weight excluding hydrogens is 250 g/mol. The van der Waals surface area contributed by atoms with Crippen LogP contribution in [0.4, 0.5) is 0 Å². The van der Waals surface area contributed by atoms with Gasteiger partial charge in [0.2, 0.25) is 0 Å². The maximum absolute atomic E-state index is 6.14. The van der Waals surface area contributed by atoms with E-state index in [9.17, 15) is 0 Å². The lowest BCUT2D eigenvalue weighted by molar-refractivity contribution is -0.0716. The van der Waals surface area contributed by atoms with Crippen molar-refractivity contribution in [1.82, 2.24) is 5.32 Å². The molecule has 108 valence electrons. The van der Waals surface area contributed by atoms with Crippen molar-refractivity contribution in [2.45, 2.75) is 63.2 Å². The highest BCUT2D eigenvalue weighted by Crippen LogP contribution is 2.46. The van der Waals surface area contributed by atoms with E-state index in [1.54, 1.807) is 0 Å². The molecule has 1 unspecified atom stereocenters. The van der Waals surface area contributed by atoms with Gasteiger partial charge in [0.25, 0.3) is 5.79 Å². The van der Waals surface area contributed by atoms with Crippen molar-refractivity contribution >= 4 is 0 Å². The Kier molecular flexibility index (Phi) is 3.10. The second kappa shape index (κ2) is 4.96. The first-order valence-corrected chi connectivity index (χ1v) is 8.07. The Bertz CT molecular complexity index is 488. The molecule has 1 atom stereocenters. The summed E-state index contributed by atoms with van der Waals surface area (Å²) < 4.78 is 12.2. The summed E-state index contributed by atoms with van der Waals surface area (Å²) in [5.74, 6) is 1.57. The average molecular weight is 273 g/mol. The fraction of sp³-hybridized carbons (Fsp3) is 0.647. The summed E-state index contributed by atoms with van der Waals surface area (Å²) in [5, 5.41) is 3.61. The van der Waals surface area contributed by atoms with Crippen LogP contribution < -0.4 is 14.8 Å². The molecule has 3 nitrogen and oxygen atoms in total. The third-order valence-corrected chi connectivity index (χ3v) is 4.86. The van der Waals surface area contributed by atoms with Gasteiger partial charge in [-0.15, -0.1) is 0 Å². The minimum Gasteiger partial charge on any atom is -0.448 e. The van der Waals surface area contributed by atoms with Crippen molar-refractivity contribution in [2.75, 3.05) is 6.54 Å². The third-order valence-electron chi connectivity index (χ3n) is 4.86. The normalized spacial score (nSPS) is 27.1. The Morgan fingerprint density at radius 1 is 1.05 bits per heavy atom. The highest BCUT2D eigenvalue weighted by Gasteiger charge is 2.44. The van der Waals surface area contributed by atoms with E-state index in [1.165, 1.54) is 44.2 Å². The van der Waals surface area contributed by atoms with Crippen molar-refractivity contribution in [1.29, 1.82) is 0 Å². The maximum Gasteiger partial charge on any atom is 0.251 e. The summed E-state index contributed by atoms with van der Waals surface area (Å²) in [6, 6.07) is 7.12. The van der Waals surface area contributed by atoms with E-state index in [2.05, 4.69) is 23.5 Å². The molecule has 1 saturated heterocycles. The Morgan fingerprint density at radius 2 is 1.90 bits per heavy atom. The molecule has 0 aromatic heterocycles. The van der Waals surface area contributed by atoms with E-state index < -0.39 is 0 Å². The minimum atomic E-state index is -0.329. The van der Waals surface area contributed by atoms with Gasteiger partial charge >= 0.3 is 0 Å². The Hall–Kier alpha value is -1.22. The number of fused-ring (bicyclic) bond motifs is 1. The molecule has 1 saturated carbocycles. The van der Waals surface area contributed by atoms with Crippen LogP contribution in [0.2, 0.25) is 0 Å². The predicted octanol–water partition coefficient (Wildman–Crippen LogP) is 3.41. The van der Waals surface area contributed by atoms with Crippen molar-refractivity contribution in [2.24, 2.45) is 0 Å². The number of hydrogen-bond donors (Lipinski definition) is 1. The van der Waals surface area contributed by atoms with Crippen LogP contribution >= 0.6 is 0 Å². The lowest BCUT2D eigenvalue weighted by Crippen LogP contribution is -2.35. The van der Waals surface area contributed by atoms with Gasteiger partial charge in [0.1, 0.15) is 0 Å². The molecule has 1 aromatic rings. The van der Waals surface area contributed by atoms with Gasteiger partial charge in [-0.1, -0.05) is 12.5 Å². The van der Waals surface area contributed by atoms with E-state index >= 15 is 0 Å². The van der Waals surface area contributed by atoms with Crippen molar-refractivity contribution in [3.8, 4) is 11.5 Å². The fourth-order valence-corrected chi connectivity index (χ4v) is 3.77. The lowest BCUT2D eigenvalue weighted by Gasteiger charge is -2.23. The van der Waals surface area contributed by atoms with E-state index in [0.29, 0.717) is 6.04 Å². The molecule has 2 aliphatic heterocycles. The summed E-state index contributed by atoms with van der Waals surface area (Å²) in [6.45, 7) is 1.17. The molecule has 1 aliphatic carbocycles. The van der Waals surface area contributed by atoms with Crippen LogP contribution in [0.25, 0.3) is 0 Å². The first-order chi connectivity index (χ1) is 9.83. The summed E-state index contributed by atoms with van der Waals surface area (Å²) in [5.41, 5.74) is 1.36. The van der Waals surface area contributed by atoms with E-state index in [0.717, 1.165) is 30.8 Å². The molecule has 3 aliphatic rings. The number of ether oxygens (including phenoxy) is 2. The molecule has 2 fully saturated rings. The van der Waals surface area contributed by atoms with Crippen LogP contribution in [-0.4, -0.2) is 18.4 Å². The van der Waals surface area contributed by atoms with Gasteiger partial charge in [0.05, 0.1) is 0 Å². The molecule has 1 N–H and O–H groups in total. The summed E-state index contributed by atoms with van der Waals surface area (Å²) in [7, 11) is 0. The Labute approximate surface area is 120 Å². The fourth-order valence-electron chi connectivity index (χ4n) is 3.77. The number of piperidine rings is 1. The molecule has 20 heavy (non-hydrogen) atoms. The van der Waals surface area contributed by atoms with Crippen LogP contribution in [0.15, 0.2) is 18.2 Å². The molecule has 0 radical (unpaired) electrons. The van der Waals surface area contributed by atoms with Crippen LogP contribution in [0, 0.1) is 0 Å². The Morgan fingerprint density at radius 3 is 2.70 bits per heavy atom. The van der Waals surface area contributed by atoms with Crippen molar-refractivity contribution in [3.05, 3.63) is 23.8 Å². The molecule has 0 amide bonds. The topological polar surface area (TPSA) is 30.5 Å². The second-order valence-electron chi connectivity index (χ2n) is 6.45. The lowest BCUT2D eigenvalue weighted by atomic mass is 9.98. The van der Waals surface area contributed by atoms with Gasteiger partial charge in [0.15, 0.2) is 11.5 Å². The zero-order chi connectivity index (χ0) is 13.4. The SMILES string of the molecule is c1cc2c(cc1CC1CCCCN1)OC1(CCCC1)O2. The summed E-state index contributed by atoms with van der Waals surface area (Å²) in [4.78, 5) is 0. The van der Waals surface area contributed by atoms with Crippen LogP contribution in [0.1, 0.15) is 50.5 Å². The molecular formula is C17H23NO2. The predicted molar refractivity (Wildman–Crippen MR) is 78.2 cm³/mol. The van der Waals surface area contributed by atoms with Gasteiger partial charge in [-0.2, -0.15) is 0 Å². The largest absolute Gasteiger partial charge is 0.448 e. The molecule has 1 aromatic carbocycles. The zero-order valence-electron chi connectivity index (χ0n) is 12.0. The second-order valence-corrected chi connectivity index (χ2v) is 6.45. The summed E-state index contributed by atoms with van der Waals surface area (Å²) >= 11 is 0. The minimum absolute atomic E-state index is 0.329. The van der Waals surface area contributed by atoms with Gasteiger partial charge < -0.3 is 14.8 Å². The van der Waals surface area contributed by atoms with E-state index in [-0.39, 0.29) is 5.79 Å². The monoisotopic (exact) mass is 273 g/mol. The molecule has 2 heterocycles. The van der Waals surface area contributed by atoms with Gasteiger partial charge in [-0.05, 0) is 56.3 Å². The van der Waals surface area contributed by atoms with Crippen molar-refractivity contribution in [3.63, 3.8) is 0 Å². The van der Waals surface area contributed by atoms with Crippen LogP contribution in [-0.2, 0) is 6.42 Å². The first-order valence-electron chi connectivity index (χ1n) is 8.07. The van der Waals surface area contributed by atoms with E-state index in [4.69, 9.17) is 9.47 Å². The molecule has 0 bridgehead atoms. The smallest absolute Gasteiger partial charge is 0.251 e. The summed E-state index contributed by atoms with van der Waals surface area (Å²) in [6.07, 6.45) is 9.55. The van der Waals surface area contributed by atoms with Crippen LogP contribution in [0.5, 0.6) is 11.5 Å². The number of rotatable bonds is 2. The first kappa shape index (κ1) is 12.5. The highest BCUT2D eigenvalue weighted by atomic mass is 16.7. The highest BCUT2D eigenvalue weighted by molar-refractivity contribution is 5.46. The number of nitrogens with one attached hydrogen (secondary N) is 1. The van der Waals surface area contributed by atoms with Gasteiger partial charge in [-0.25, -0.2) is 0 Å². The van der Waals surface area contributed by atoms with Gasteiger partial charge in [0, 0.05) is 18.9 Å². The molecule has 1 spiro atoms. The van der Waals surface area contributed by atoms with Crippen molar-refractivity contribution < 1.29 is 9.47 Å². The maximum atomic E-state index is 6.14. The standard InChI is InChI=1S/C17H23NO2/c1-4-10-18-14(5-1)11-13-6-7-15-16(12-13)20-17(19-15)8-2-3-9-17/h6-7,12,14,18H,1-5,8-11H2. The Balaban J connectivity index is 1.48. The number of hydrogen-bond acceptors (Lipinski definition) is 3. The quantitative estimate of drug-likeness (QED) is 0.895. The average Bonchev–Trinajstić information content (AvgIpc) is 3.06. The zero-order valence-corrected chi connectivity index (χ0v) is 12.0. The molecule has 4 rings (SSSR count). The third kappa shape index (κ3) is 2.28. The van der Waals surface area contributed by atoms with Crippen LogP contribution in [0.3, 0.4) is 0 Å².